The molecule has 1 aromatic heterocycles. The zero-order valence-electron chi connectivity index (χ0n) is 13.0. The van der Waals surface area contributed by atoms with Gasteiger partial charge in [-0.05, 0) is 17.7 Å². The Bertz CT molecular complexity index is 829. The lowest BCUT2D eigenvalue weighted by Crippen LogP contribution is -2.55. The van der Waals surface area contributed by atoms with E-state index in [4.69, 9.17) is 16.0 Å². The van der Waals surface area contributed by atoms with E-state index < -0.39 is 16.7 Å². The van der Waals surface area contributed by atoms with E-state index in [1.165, 1.54) is 11.0 Å². The van der Waals surface area contributed by atoms with Gasteiger partial charge in [-0.25, -0.2) is 0 Å². The van der Waals surface area contributed by atoms with Gasteiger partial charge in [0.2, 0.25) is 5.91 Å². The van der Waals surface area contributed by atoms with Gasteiger partial charge >= 0.3 is 5.88 Å². The van der Waals surface area contributed by atoms with Gasteiger partial charge in [-0.2, -0.15) is 0 Å². The van der Waals surface area contributed by atoms with E-state index in [2.05, 4.69) is 5.32 Å². The maximum absolute atomic E-state index is 12.1. The largest absolute Gasteiger partial charge is 0.433 e. The highest BCUT2D eigenvalue weighted by atomic mass is 35.5. The van der Waals surface area contributed by atoms with E-state index in [1.54, 1.807) is 6.07 Å². The highest BCUT2D eigenvalue weighted by molar-refractivity contribution is 6.31. The van der Waals surface area contributed by atoms with Crippen molar-refractivity contribution in [1.29, 1.82) is 0 Å². The van der Waals surface area contributed by atoms with Gasteiger partial charge in [0.25, 0.3) is 5.91 Å². The minimum absolute atomic E-state index is 0.110. The number of carbonyl (C=O) groups excluding carboxylic acids is 2. The molecule has 130 valence electrons. The molecule has 3 rings (SSSR count). The van der Waals surface area contributed by atoms with Gasteiger partial charge in [0.15, 0.2) is 5.76 Å². The minimum Gasteiger partial charge on any atom is -0.395 e. The van der Waals surface area contributed by atoms with Gasteiger partial charge in [-0.3, -0.25) is 19.7 Å². The highest BCUT2D eigenvalue weighted by Gasteiger charge is 2.37. The topological polar surface area (TPSA) is 106 Å². The molecule has 2 amide bonds. The fourth-order valence-corrected chi connectivity index (χ4v) is 2.68. The van der Waals surface area contributed by atoms with Crippen molar-refractivity contribution in [3.05, 3.63) is 62.9 Å². The summed E-state index contributed by atoms with van der Waals surface area (Å²) in [6.45, 7) is 0.788. The number of benzene rings is 1. The number of halogens is 1. The number of hydrogen-bond donors (Lipinski definition) is 1. The van der Waals surface area contributed by atoms with Crippen LogP contribution in [0, 0.1) is 16.0 Å². The Morgan fingerprint density at radius 1 is 1.28 bits per heavy atom. The molecule has 2 heterocycles. The van der Waals surface area contributed by atoms with E-state index in [0.29, 0.717) is 11.6 Å². The molecule has 9 heteroatoms. The van der Waals surface area contributed by atoms with Crippen molar-refractivity contribution in [2.75, 3.05) is 13.1 Å². The number of rotatable bonds is 5. The second kappa shape index (κ2) is 6.94. The maximum Gasteiger partial charge on any atom is 0.433 e. The standard InChI is InChI=1S/C16H14ClN3O5/c17-12-4-2-1-3-10(12)7-18-15(21)11-8-19(9-11)16(22)13-5-6-14(25-13)20(23)24/h1-6,11H,7-9H2,(H,18,21). The van der Waals surface area contributed by atoms with Crippen molar-refractivity contribution in [3.8, 4) is 0 Å². The van der Waals surface area contributed by atoms with Gasteiger partial charge < -0.3 is 14.6 Å². The van der Waals surface area contributed by atoms with Crippen LogP contribution < -0.4 is 5.32 Å². The molecule has 8 nitrogen and oxygen atoms in total. The Morgan fingerprint density at radius 2 is 2.00 bits per heavy atom. The molecule has 1 N–H and O–H groups in total. The molecular weight excluding hydrogens is 350 g/mol. The number of nitro groups is 1. The summed E-state index contributed by atoms with van der Waals surface area (Å²) >= 11 is 6.03. The molecule has 1 fully saturated rings. The number of nitrogens with zero attached hydrogens (tertiary/aromatic N) is 2. The van der Waals surface area contributed by atoms with Gasteiger partial charge in [-0.15, -0.1) is 0 Å². The van der Waals surface area contributed by atoms with Crippen molar-refractivity contribution >= 4 is 29.3 Å². The molecule has 1 aliphatic rings. The SMILES string of the molecule is O=C(NCc1ccccc1Cl)C1CN(C(=O)c2ccc([N+](=O)[O-])o2)C1. The summed E-state index contributed by atoms with van der Waals surface area (Å²) < 4.78 is 4.87. The zero-order chi connectivity index (χ0) is 18.0. The first kappa shape index (κ1) is 17.0. The van der Waals surface area contributed by atoms with Crippen molar-refractivity contribution in [2.24, 2.45) is 5.92 Å². The van der Waals surface area contributed by atoms with Crippen molar-refractivity contribution < 1.29 is 18.9 Å². The first-order chi connectivity index (χ1) is 12.0. The second-order valence-electron chi connectivity index (χ2n) is 5.61. The Labute approximate surface area is 147 Å². The quantitative estimate of drug-likeness (QED) is 0.647. The Kier molecular flexibility index (Phi) is 4.71. The lowest BCUT2D eigenvalue weighted by molar-refractivity contribution is -0.402. The van der Waals surface area contributed by atoms with Crippen LogP contribution in [-0.2, 0) is 11.3 Å². The van der Waals surface area contributed by atoms with E-state index in [0.717, 1.165) is 11.6 Å². The number of amides is 2. The Morgan fingerprint density at radius 3 is 2.64 bits per heavy atom. The third kappa shape index (κ3) is 3.63. The molecule has 1 saturated heterocycles. The van der Waals surface area contributed by atoms with Crippen molar-refractivity contribution in [1.82, 2.24) is 10.2 Å². The molecule has 0 spiro atoms. The predicted molar refractivity (Wildman–Crippen MR) is 88.1 cm³/mol. The van der Waals surface area contributed by atoms with E-state index in [1.807, 2.05) is 18.2 Å². The normalized spacial score (nSPS) is 14.0. The fourth-order valence-electron chi connectivity index (χ4n) is 2.48. The van der Waals surface area contributed by atoms with Crippen LogP contribution in [0.5, 0.6) is 0 Å². The molecule has 1 aliphatic heterocycles. The molecule has 0 atom stereocenters. The third-order valence-corrected chi connectivity index (χ3v) is 4.30. The zero-order valence-corrected chi connectivity index (χ0v) is 13.7. The molecule has 0 bridgehead atoms. The lowest BCUT2D eigenvalue weighted by Gasteiger charge is -2.37. The summed E-state index contributed by atoms with van der Waals surface area (Å²) in [4.78, 5) is 35.5. The molecule has 0 saturated carbocycles. The summed E-state index contributed by atoms with van der Waals surface area (Å²) in [5.41, 5.74) is 0.813. The van der Waals surface area contributed by atoms with Crippen LogP contribution in [0.15, 0.2) is 40.8 Å². The molecule has 0 unspecified atom stereocenters. The predicted octanol–water partition coefficient (Wildman–Crippen LogP) is 2.23. The Hall–Kier alpha value is -2.87. The number of nitrogens with one attached hydrogen (secondary N) is 1. The smallest absolute Gasteiger partial charge is 0.395 e. The summed E-state index contributed by atoms with van der Waals surface area (Å²) in [5, 5.41) is 13.9. The fraction of sp³-hybridized carbons (Fsp3) is 0.250. The average Bonchev–Trinajstić information content (AvgIpc) is 3.03. The van der Waals surface area contributed by atoms with E-state index in [9.17, 15) is 19.7 Å². The monoisotopic (exact) mass is 363 g/mol. The number of likely N-dealkylation sites (tertiary alicyclic amines) is 1. The van der Waals surface area contributed by atoms with Gasteiger partial charge in [0.1, 0.15) is 4.92 Å². The first-order valence-corrected chi connectivity index (χ1v) is 7.88. The first-order valence-electron chi connectivity index (χ1n) is 7.50. The number of furan rings is 1. The van der Waals surface area contributed by atoms with Crippen molar-refractivity contribution in [3.63, 3.8) is 0 Å². The molecule has 0 aliphatic carbocycles. The maximum atomic E-state index is 12.1. The van der Waals surface area contributed by atoms with Crippen LogP contribution in [0.4, 0.5) is 5.88 Å². The minimum atomic E-state index is -0.710. The third-order valence-electron chi connectivity index (χ3n) is 3.93. The summed E-state index contributed by atoms with van der Waals surface area (Å²) in [7, 11) is 0. The van der Waals surface area contributed by atoms with Crippen LogP contribution in [0.1, 0.15) is 16.1 Å². The van der Waals surface area contributed by atoms with Gasteiger partial charge in [0.05, 0.1) is 12.0 Å². The molecule has 0 radical (unpaired) electrons. The van der Waals surface area contributed by atoms with Crippen LogP contribution in [-0.4, -0.2) is 34.7 Å². The number of carbonyl (C=O) groups is 2. The second-order valence-corrected chi connectivity index (χ2v) is 6.02. The van der Waals surface area contributed by atoms with Crippen LogP contribution in [0.25, 0.3) is 0 Å². The van der Waals surface area contributed by atoms with E-state index >= 15 is 0 Å². The highest BCUT2D eigenvalue weighted by Crippen LogP contribution is 2.23. The number of hydrogen-bond acceptors (Lipinski definition) is 5. The van der Waals surface area contributed by atoms with Crippen molar-refractivity contribution in [2.45, 2.75) is 6.54 Å². The van der Waals surface area contributed by atoms with E-state index in [-0.39, 0.29) is 30.7 Å². The van der Waals surface area contributed by atoms with Crippen LogP contribution >= 0.6 is 11.6 Å². The summed E-state index contributed by atoms with van der Waals surface area (Å²) in [6, 6.07) is 9.59. The molecule has 25 heavy (non-hydrogen) atoms. The molecule has 1 aromatic carbocycles. The summed E-state index contributed by atoms with van der Waals surface area (Å²) in [5.74, 6) is -1.56. The van der Waals surface area contributed by atoms with Gasteiger partial charge in [0, 0.05) is 24.7 Å². The van der Waals surface area contributed by atoms with Gasteiger partial charge in [-0.1, -0.05) is 29.8 Å². The lowest BCUT2D eigenvalue weighted by atomic mass is 9.98. The molecule has 2 aromatic rings. The Balaban J connectivity index is 1.49. The summed E-state index contributed by atoms with van der Waals surface area (Å²) in [6.07, 6.45) is 0. The van der Waals surface area contributed by atoms with Crippen LogP contribution in [0.3, 0.4) is 0 Å². The van der Waals surface area contributed by atoms with Crippen LogP contribution in [0.2, 0.25) is 5.02 Å². The molecular formula is C16H14ClN3O5. The average molecular weight is 364 g/mol.